The first kappa shape index (κ1) is 15.9. The Kier molecular flexibility index (Phi) is 5.07. The minimum absolute atomic E-state index is 0. The van der Waals surface area contributed by atoms with E-state index in [0.29, 0.717) is 12.2 Å². The van der Waals surface area contributed by atoms with Crippen LogP contribution in [-0.2, 0) is 6.54 Å². The van der Waals surface area contributed by atoms with E-state index in [1.54, 1.807) is 7.11 Å². The molecule has 0 saturated heterocycles. The van der Waals surface area contributed by atoms with Crippen molar-refractivity contribution >= 4 is 16.8 Å². The number of carbonyl (C=O) groups excluding carboxylic acids is 1. The monoisotopic (exact) mass is 315 g/mol. The van der Waals surface area contributed by atoms with Gasteiger partial charge in [0.1, 0.15) is 11.4 Å². The number of hydrogen-bond acceptors (Lipinski definition) is 2. The zero-order chi connectivity index (χ0) is 14.7. The second-order valence-electron chi connectivity index (χ2n) is 4.80. The molecule has 0 spiro atoms. The first-order valence-corrected chi connectivity index (χ1v) is 6.75. The molecule has 3 rings (SSSR count). The minimum Gasteiger partial charge on any atom is -1.00 e. The number of halogens is 1. The predicted octanol–water partition coefficient (Wildman–Crippen LogP) is 0.110. The molecule has 0 atom stereocenters. The maximum Gasteiger partial charge on any atom is 0.267 e. The third kappa shape index (κ3) is 3.40. The molecule has 4 nitrogen and oxygen atoms in total. The molecule has 0 aliphatic carbocycles. The van der Waals surface area contributed by atoms with Crippen LogP contribution in [-0.4, -0.2) is 18.0 Å². The predicted molar refractivity (Wildman–Crippen MR) is 82.5 cm³/mol. The summed E-state index contributed by atoms with van der Waals surface area (Å²) in [5, 5.41) is 3.89. The number of rotatable bonds is 4. The molecule has 114 valence electrons. The van der Waals surface area contributed by atoms with E-state index < -0.39 is 0 Å². The summed E-state index contributed by atoms with van der Waals surface area (Å²) in [7, 11) is 1.62. The average molecular weight is 316 g/mol. The summed E-state index contributed by atoms with van der Waals surface area (Å²) in [5.41, 5.74) is 2.51. The Hall–Kier alpha value is -2.46. The molecule has 1 heterocycles. The number of amides is 1. The van der Waals surface area contributed by atoms with E-state index in [-0.39, 0.29) is 18.3 Å². The van der Waals surface area contributed by atoms with Gasteiger partial charge in [-0.25, -0.2) is 0 Å². The van der Waals surface area contributed by atoms with Gasteiger partial charge in [-0.1, -0.05) is 30.3 Å². The highest BCUT2D eigenvalue weighted by molar-refractivity contribution is 5.98. The Morgan fingerprint density at radius 1 is 1.14 bits per heavy atom. The third-order valence-electron chi connectivity index (χ3n) is 3.37. The van der Waals surface area contributed by atoms with Gasteiger partial charge in [-0.05, 0) is 23.8 Å². The Morgan fingerprint density at radius 3 is 2.64 bits per heavy atom. The van der Waals surface area contributed by atoms with Crippen molar-refractivity contribution in [3.63, 3.8) is 0 Å². The molecular formula is C17H16ClN2O2-. The number of aromatic amines is 1. The number of aromatic nitrogens is 1. The fraction of sp³-hybridized carbons (Fsp3) is 0.118. The number of fused-ring (bicyclic) bond motifs is 1. The first-order chi connectivity index (χ1) is 10.3. The summed E-state index contributed by atoms with van der Waals surface area (Å²) in [4.78, 5) is 15.3. The first-order valence-electron chi connectivity index (χ1n) is 6.75. The van der Waals surface area contributed by atoms with Crippen LogP contribution >= 0.6 is 0 Å². The fourth-order valence-corrected chi connectivity index (χ4v) is 2.23. The second kappa shape index (κ2) is 7.00. The Bertz CT molecular complexity index is 769. The maximum absolute atomic E-state index is 12.2. The van der Waals surface area contributed by atoms with Gasteiger partial charge in [0.15, 0.2) is 0 Å². The SMILES string of the molecule is COc1ccc2cc(C(=O)NCc3ccccc3)[nH]c2c1.[Cl-]. The molecule has 1 amide bonds. The lowest BCUT2D eigenvalue weighted by molar-refractivity contribution is -0.0000127. The van der Waals surface area contributed by atoms with Gasteiger partial charge in [-0.3, -0.25) is 4.79 Å². The molecule has 0 saturated carbocycles. The largest absolute Gasteiger partial charge is 1.00 e. The lowest BCUT2D eigenvalue weighted by Gasteiger charge is -2.03. The Balaban J connectivity index is 0.00000176. The van der Waals surface area contributed by atoms with Gasteiger partial charge in [-0.2, -0.15) is 0 Å². The van der Waals surface area contributed by atoms with Crippen LogP contribution in [0.1, 0.15) is 16.1 Å². The lowest BCUT2D eigenvalue weighted by Crippen LogP contribution is -3.00. The van der Waals surface area contributed by atoms with Gasteiger partial charge < -0.3 is 27.4 Å². The van der Waals surface area contributed by atoms with Crippen LogP contribution in [0.2, 0.25) is 0 Å². The summed E-state index contributed by atoms with van der Waals surface area (Å²) < 4.78 is 5.18. The van der Waals surface area contributed by atoms with Crippen LogP contribution in [0.5, 0.6) is 5.75 Å². The molecule has 5 heteroatoms. The number of carbonyl (C=O) groups is 1. The Labute approximate surface area is 134 Å². The van der Waals surface area contributed by atoms with Crippen molar-refractivity contribution in [2.24, 2.45) is 0 Å². The summed E-state index contributed by atoms with van der Waals surface area (Å²) in [5.74, 6) is 0.648. The average Bonchev–Trinajstić information content (AvgIpc) is 2.96. The van der Waals surface area contributed by atoms with Gasteiger partial charge in [0, 0.05) is 23.5 Å². The topological polar surface area (TPSA) is 54.1 Å². The van der Waals surface area contributed by atoms with E-state index in [4.69, 9.17) is 4.74 Å². The summed E-state index contributed by atoms with van der Waals surface area (Å²) in [6, 6.07) is 17.4. The number of ether oxygens (including phenoxy) is 1. The standard InChI is InChI=1S/C17H16N2O2.ClH/c1-21-14-8-7-13-9-16(19-15(13)10-14)17(20)18-11-12-5-3-2-4-6-12;/h2-10,19H,11H2,1H3,(H,18,20);1H/p-1. The van der Waals surface area contributed by atoms with Gasteiger partial charge >= 0.3 is 0 Å². The van der Waals surface area contributed by atoms with Crippen molar-refractivity contribution in [1.82, 2.24) is 10.3 Å². The minimum atomic E-state index is -0.117. The molecule has 0 unspecified atom stereocenters. The van der Waals surface area contributed by atoms with Crippen molar-refractivity contribution < 1.29 is 21.9 Å². The molecule has 3 aromatic rings. The molecule has 22 heavy (non-hydrogen) atoms. The Morgan fingerprint density at radius 2 is 1.91 bits per heavy atom. The molecule has 2 N–H and O–H groups in total. The highest BCUT2D eigenvalue weighted by Gasteiger charge is 2.09. The highest BCUT2D eigenvalue weighted by Crippen LogP contribution is 2.21. The molecule has 0 aliphatic rings. The summed E-state index contributed by atoms with van der Waals surface area (Å²) in [6.45, 7) is 0.512. The van der Waals surface area contributed by atoms with Crippen LogP contribution in [0, 0.1) is 0 Å². The van der Waals surface area contributed by atoms with Crippen LogP contribution in [0.4, 0.5) is 0 Å². The van der Waals surface area contributed by atoms with Crippen LogP contribution < -0.4 is 22.5 Å². The van der Waals surface area contributed by atoms with Crippen molar-refractivity contribution in [2.45, 2.75) is 6.54 Å². The van der Waals surface area contributed by atoms with E-state index >= 15 is 0 Å². The van der Waals surface area contributed by atoms with E-state index in [1.807, 2.05) is 54.6 Å². The smallest absolute Gasteiger partial charge is 0.267 e. The van der Waals surface area contributed by atoms with Gasteiger partial charge in [0.25, 0.3) is 5.91 Å². The normalized spacial score (nSPS) is 10.0. The maximum atomic E-state index is 12.2. The molecule has 0 aliphatic heterocycles. The molecule has 2 aromatic carbocycles. The zero-order valence-corrected chi connectivity index (χ0v) is 12.9. The van der Waals surface area contributed by atoms with E-state index in [2.05, 4.69) is 10.3 Å². The van der Waals surface area contributed by atoms with Gasteiger partial charge in [-0.15, -0.1) is 0 Å². The van der Waals surface area contributed by atoms with Gasteiger partial charge in [0.05, 0.1) is 7.11 Å². The number of hydrogen-bond donors (Lipinski definition) is 2. The number of methoxy groups -OCH3 is 1. The van der Waals surface area contributed by atoms with Crippen LogP contribution in [0.15, 0.2) is 54.6 Å². The zero-order valence-electron chi connectivity index (χ0n) is 12.1. The number of benzene rings is 2. The molecule has 0 fully saturated rings. The third-order valence-corrected chi connectivity index (χ3v) is 3.37. The van der Waals surface area contributed by atoms with E-state index in [1.165, 1.54) is 0 Å². The van der Waals surface area contributed by atoms with E-state index in [0.717, 1.165) is 22.2 Å². The van der Waals surface area contributed by atoms with Crippen molar-refractivity contribution in [3.8, 4) is 5.75 Å². The number of nitrogens with one attached hydrogen (secondary N) is 2. The van der Waals surface area contributed by atoms with Crippen LogP contribution in [0.3, 0.4) is 0 Å². The molecule has 0 radical (unpaired) electrons. The van der Waals surface area contributed by atoms with E-state index in [9.17, 15) is 4.79 Å². The molecule has 1 aromatic heterocycles. The molecular weight excluding hydrogens is 300 g/mol. The quantitative estimate of drug-likeness (QED) is 0.718. The van der Waals surface area contributed by atoms with Gasteiger partial charge in [0.2, 0.25) is 0 Å². The second-order valence-corrected chi connectivity index (χ2v) is 4.80. The number of H-pyrrole nitrogens is 1. The molecule has 0 bridgehead atoms. The van der Waals surface area contributed by atoms with Crippen molar-refractivity contribution in [3.05, 3.63) is 65.9 Å². The summed E-state index contributed by atoms with van der Waals surface area (Å²) in [6.07, 6.45) is 0. The lowest BCUT2D eigenvalue weighted by atomic mass is 10.2. The fourth-order valence-electron chi connectivity index (χ4n) is 2.23. The van der Waals surface area contributed by atoms with Crippen molar-refractivity contribution in [1.29, 1.82) is 0 Å². The summed E-state index contributed by atoms with van der Waals surface area (Å²) >= 11 is 0. The highest BCUT2D eigenvalue weighted by atomic mass is 35.5. The van der Waals surface area contributed by atoms with Crippen LogP contribution in [0.25, 0.3) is 10.9 Å². The van der Waals surface area contributed by atoms with Crippen molar-refractivity contribution in [2.75, 3.05) is 7.11 Å².